The fourth-order valence-corrected chi connectivity index (χ4v) is 2.67. The molecule has 0 spiro atoms. The molecule has 0 aliphatic carbocycles. The molecule has 1 aliphatic heterocycles. The van der Waals surface area contributed by atoms with E-state index >= 15 is 0 Å². The molecule has 0 amide bonds. The zero-order valence-corrected chi connectivity index (χ0v) is 16.8. The fraction of sp³-hybridized carbons (Fsp3) is 0.778. The average Bonchev–Trinajstić information content (AvgIpc) is 2.56. The molecule has 0 aromatic rings. The van der Waals surface area contributed by atoms with Gasteiger partial charge in [0.1, 0.15) is 12.7 Å². The lowest BCUT2D eigenvalue weighted by molar-refractivity contribution is -0.305. The molecule has 160 valence electrons. The molecule has 5 atom stereocenters. The van der Waals surface area contributed by atoms with Gasteiger partial charge in [0.15, 0.2) is 18.3 Å². The quantitative estimate of drug-likeness (QED) is 0.311. The van der Waals surface area contributed by atoms with Gasteiger partial charge >= 0.3 is 23.9 Å². The van der Waals surface area contributed by atoms with Gasteiger partial charge in [-0.05, 0) is 6.42 Å². The molecule has 1 heterocycles. The van der Waals surface area contributed by atoms with Crippen molar-refractivity contribution in [2.24, 2.45) is 0 Å². The first-order chi connectivity index (χ1) is 13.1. The second-order valence-electron chi connectivity index (χ2n) is 6.29. The second kappa shape index (κ2) is 11.6. The topological polar surface area (TPSA) is 124 Å². The minimum atomic E-state index is -1.24. The molecule has 0 N–H and O–H groups in total. The van der Waals surface area contributed by atoms with E-state index in [0.29, 0.717) is 6.42 Å². The lowest BCUT2D eigenvalue weighted by Gasteiger charge is -2.44. The number of hydrogen-bond donors (Lipinski definition) is 0. The van der Waals surface area contributed by atoms with E-state index < -0.39 is 54.6 Å². The van der Waals surface area contributed by atoms with Gasteiger partial charge in [0.2, 0.25) is 6.29 Å². The molecular weight excluding hydrogens is 376 g/mol. The number of esters is 4. The molecule has 1 aliphatic rings. The van der Waals surface area contributed by atoms with Crippen molar-refractivity contribution in [1.82, 2.24) is 0 Å². The molecule has 1 saturated heterocycles. The fourth-order valence-electron chi connectivity index (χ4n) is 2.67. The highest BCUT2D eigenvalue weighted by Gasteiger charge is 2.52. The summed E-state index contributed by atoms with van der Waals surface area (Å²) in [5, 5.41) is 0. The third kappa shape index (κ3) is 7.81. The normalized spacial score (nSPS) is 26.8. The lowest BCUT2D eigenvalue weighted by Crippen LogP contribution is -2.62. The molecule has 28 heavy (non-hydrogen) atoms. The Balaban J connectivity index is 3.21. The van der Waals surface area contributed by atoms with E-state index in [9.17, 15) is 19.2 Å². The molecule has 1 fully saturated rings. The first-order valence-corrected chi connectivity index (χ1v) is 9.07. The highest BCUT2D eigenvalue weighted by Crippen LogP contribution is 2.30. The maximum atomic E-state index is 11.7. The summed E-state index contributed by atoms with van der Waals surface area (Å²) in [5.41, 5.74) is 0. The van der Waals surface area contributed by atoms with Crippen LogP contribution in [0.2, 0.25) is 0 Å². The van der Waals surface area contributed by atoms with Crippen molar-refractivity contribution in [2.75, 3.05) is 13.2 Å². The average molecular weight is 404 g/mol. The predicted octanol–water partition coefficient (Wildman–Crippen LogP) is 0.886. The van der Waals surface area contributed by atoms with Gasteiger partial charge in [-0.1, -0.05) is 13.3 Å². The van der Waals surface area contributed by atoms with Crippen LogP contribution in [0.25, 0.3) is 0 Å². The van der Waals surface area contributed by atoms with E-state index in [0.717, 1.165) is 6.42 Å². The van der Waals surface area contributed by atoms with Gasteiger partial charge in [-0.15, -0.1) is 0 Å². The Morgan fingerprint density at radius 3 is 1.86 bits per heavy atom. The van der Waals surface area contributed by atoms with Gasteiger partial charge in [0.25, 0.3) is 0 Å². The summed E-state index contributed by atoms with van der Waals surface area (Å²) >= 11 is 0. The van der Waals surface area contributed by atoms with Gasteiger partial charge in [0, 0.05) is 34.3 Å². The highest BCUT2D eigenvalue weighted by molar-refractivity contribution is 5.68. The SMILES string of the molecule is CCCCO[C@@H]1[C@@H](OC(C)=O)O[C@H](COC(C)=O)[C@@H](OC(C)=O)[C@@H]1OC(C)=O. The number of unbranched alkanes of at least 4 members (excludes halogenated alkanes) is 1. The summed E-state index contributed by atoms with van der Waals surface area (Å²) in [5.74, 6) is -2.54. The molecule has 1 rings (SSSR count). The molecular formula is C18H28O10. The van der Waals surface area contributed by atoms with Crippen LogP contribution in [0.4, 0.5) is 0 Å². The number of rotatable bonds is 9. The summed E-state index contributed by atoms with van der Waals surface area (Å²) in [6, 6.07) is 0. The zero-order chi connectivity index (χ0) is 21.3. The summed E-state index contributed by atoms with van der Waals surface area (Å²) in [6.45, 7) is 6.70. The maximum absolute atomic E-state index is 11.7. The Morgan fingerprint density at radius 2 is 1.36 bits per heavy atom. The van der Waals surface area contributed by atoms with Crippen LogP contribution in [-0.2, 0) is 47.6 Å². The molecule has 0 saturated carbocycles. The van der Waals surface area contributed by atoms with Crippen LogP contribution in [0.15, 0.2) is 0 Å². The van der Waals surface area contributed by atoms with Crippen LogP contribution in [0, 0.1) is 0 Å². The summed E-state index contributed by atoms with van der Waals surface area (Å²) in [4.78, 5) is 46.0. The number of carbonyl (C=O) groups excluding carboxylic acids is 4. The van der Waals surface area contributed by atoms with Crippen molar-refractivity contribution in [2.45, 2.75) is 78.2 Å². The number of carbonyl (C=O) groups is 4. The minimum absolute atomic E-state index is 0.279. The predicted molar refractivity (Wildman–Crippen MR) is 92.8 cm³/mol. The monoisotopic (exact) mass is 404 g/mol. The third-order valence-electron chi connectivity index (χ3n) is 3.74. The molecule has 10 heteroatoms. The molecule has 0 aromatic heterocycles. The van der Waals surface area contributed by atoms with Crippen LogP contribution < -0.4 is 0 Å². The molecule has 0 aromatic carbocycles. The van der Waals surface area contributed by atoms with Gasteiger partial charge < -0.3 is 28.4 Å². The van der Waals surface area contributed by atoms with Crippen molar-refractivity contribution < 1.29 is 47.6 Å². The molecule has 0 radical (unpaired) electrons. The van der Waals surface area contributed by atoms with Crippen LogP contribution in [0.1, 0.15) is 47.5 Å². The first kappa shape index (κ1) is 23.8. The lowest BCUT2D eigenvalue weighted by atomic mass is 9.98. The van der Waals surface area contributed by atoms with Crippen LogP contribution >= 0.6 is 0 Å². The van der Waals surface area contributed by atoms with E-state index in [-0.39, 0.29) is 13.2 Å². The van der Waals surface area contributed by atoms with Crippen molar-refractivity contribution in [1.29, 1.82) is 0 Å². The van der Waals surface area contributed by atoms with Crippen molar-refractivity contribution in [3.63, 3.8) is 0 Å². The Labute approximate surface area is 163 Å². The molecule has 0 unspecified atom stereocenters. The van der Waals surface area contributed by atoms with Crippen molar-refractivity contribution in [3.05, 3.63) is 0 Å². The van der Waals surface area contributed by atoms with E-state index in [2.05, 4.69) is 0 Å². The smallest absolute Gasteiger partial charge is 0.305 e. The van der Waals surface area contributed by atoms with Crippen molar-refractivity contribution in [3.8, 4) is 0 Å². The van der Waals surface area contributed by atoms with Crippen LogP contribution in [0.3, 0.4) is 0 Å². The Bertz CT molecular complexity index is 561. The zero-order valence-electron chi connectivity index (χ0n) is 16.8. The number of ether oxygens (including phenoxy) is 6. The van der Waals surface area contributed by atoms with Gasteiger partial charge in [0.05, 0.1) is 0 Å². The standard InChI is InChI=1S/C18H28O10/c1-6-7-8-23-17-16(26-12(4)21)15(25-11(3)20)14(9-24-10(2)19)28-18(17)27-13(5)22/h14-18H,6-9H2,1-5H3/t14-,15-,16+,17+,18+/m1/s1. The Morgan fingerprint density at radius 1 is 0.786 bits per heavy atom. The van der Waals surface area contributed by atoms with Gasteiger partial charge in [-0.3, -0.25) is 19.2 Å². The van der Waals surface area contributed by atoms with E-state index in [1.54, 1.807) is 0 Å². The maximum Gasteiger partial charge on any atom is 0.305 e. The largest absolute Gasteiger partial charge is 0.463 e. The van der Waals surface area contributed by atoms with Gasteiger partial charge in [-0.2, -0.15) is 0 Å². The summed E-state index contributed by atoms with van der Waals surface area (Å²) in [7, 11) is 0. The van der Waals surface area contributed by atoms with Crippen molar-refractivity contribution >= 4 is 23.9 Å². The van der Waals surface area contributed by atoms with Gasteiger partial charge in [-0.25, -0.2) is 0 Å². The third-order valence-corrected chi connectivity index (χ3v) is 3.74. The minimum Gasteiger partial charge on any atom is -0.463 e. The molecule has 0 bridgehead atoms. The highest BCUT2D eigenvalue weighted by atomic mass is 16.7. The van der Waals surface area contributed by atoms with E-state index in [4.69, 9.17) is 28.4 Å². The van der Waals surface area contributed by atoms with Crippen LogP contribution in [-0.4, -0.2) is 67.8 Å². The summed E-state index contributed by atoms with van der Waals surface area (Å²) < 4.78 is 32.2. The number of hydrogen-bond acceptors (Lipinski definition) is 10. The van der Waals surface area contributed by atoms with E-state index in [1.165, 1.54) is 27.7 Å². The second-order valence-corrected chi connectivity index (χ2v) is 6.29. The Kier molecular flexibility index (Phi) is 9.88. The Hall–Kier alpha value is -2.20. The summed E-state index contributed by atoms with van der Waals surface area (Å²) in [6.07, 6.45) is -4.02. The van der Waals surface area contributed by atoms with E-state index in [1.807, 2.05) is 6.92 Å². The van der Waals surface area contributed by atoms with Crippen LogP contribution in [0.5, 0.6) is 0 Å². The first-order valence-electron chi connectivity index (χ1n) is 9.07. The molecule has 10 nitrogen and oxygen atoms in total.